The van der Waals surface area contributed by atoms with Crippen molar-refractivity contribution in [3.8, 4) is 0 Å². The van der Waals surface area contributed by atoms with Crippen molar-refractivity contribution in [1.29, 1.82) is 0 Å². The predicted octanol–water partition coefficient (Wildman–Crippen LogP) is 3.96. The van der Waals surface area contributed by atoms with Gasteiger partial charge < -0.3 is 0 Å². The highest BCUT2D eigenvalue weighted by molar-refractivity contribution is 5.23. The smallest absolute Gasteiger partial charge is 0.258 e. The van der Waals surface area contributed by atoms with Crippen LogP contribution in [0.25, 0.3) is 0 Å². The van der Waals surface area contributed by atoms with Crippen molar-refractivity contribution in [3.05, 3.63) is 46.2 Å². The lowest BCUT2D eigenvalue weighted by molar-refractivity contribution is -0.419. The molecule has 0 bridgehead atoms. The Balaban J connectivity index is 0.00000106. The molecule has 1 aliphatic carbocycles. The first-order valence-electron chi connectivity index (χ1n) is 5.65. The Hall–Kier alpha value is -1.38. The molecule has 1 unspecified atom stereocenters. The third-order valence-corrected chi connectivity index (χ3v) is 2.13. The summed E-state index contributed by atoms with van der Waals surface area (Å²) in [6.07, 6.45) is 9.15. The third kappa shape index (κ3) is 4.91. The van der Waals surface area contributed by atoms with Gasteiger partial charge in [-0.25, -0.2) is 0 Å². The molecule has 0 heterocycles. The number of nitrogens with zero attached hydrogens (tertiary/aromatic N) is 1. The maximum atomic E-state index is 10.7. The monoisotopic (exact) mass is 223 g/mol. The average molecular weight is 223 g/mol. The second-order valence-corrected chi connectivity index (χ2v) is 4.23. The molecule has 1 atom stereocenters. The fourth-order valence-corrected chi connectivity index (χ4v) is 1.31. The van der Waals surface area contributed by atoms with Crippen molar-refractivity contribution >= 4 is 0 Å². The molecule has 0 saturated carbocycles. The summed E-state index contributed by atoms with van der Waals surface area (Å²) in [4.78, 5) is 10.3. The molecular formula is C13H21NO2. The number of hydrogen-bond donors (Lipinski definition) is 0. The zero-order valence-electron chi connectivity index (χ0n) is 10.7. The van der Waals surface area contributed by atoms with Gasteiger partial charge in [0.05, 0.1) is 4.92 Å². The van der Waals surface area contributed by atoms with E-state index in [0.717, 1.165) is 0 Å². The van der Waals surface area contributed by atoms with Crippen LogP contribution >= 0.6 is 0 Å². The topological polar surface area (TPSA) is 43.1 Å². The van der Waals surface area contributed by atoms with Gasteiger partial charge in [0.25, 0.3) is 5.70 Å². The molecule has 1 rings (SSSR count). The molecule has 0 aromatic carbocycles. The quantitative estimate of drug-likeness (QED) is 0.383. The van der Waals surface area contributed by atoms with Crippen LogP contribution in [0, 0.1) is 21.4 Å². The second-order valence-electron chi connectivity index (χ2n) is 4.23. The van der Waals surface area contributed by atoms with Gasteiger partial charge in [-0.3, -0.25) is 10.1 Å². The maximum absolute atomic E-state index is 10.7. The van der Waals surface area contributed by atoms with Gasteiger partial charge in [-0.2, -0.15) is 0 Å². The van der Waals surface area contributed by atoms with Crippen molar-refractivity contribution in [2.45, 2.75) is 34.6 Å². The van der Waals surface area contributed by atoms with Crippen LogP contribution in [0.2, 0.25) is 0 Å². The molecule has 0 radical (unpaired) electrons. The molecule has 0 aliphatic heterocycles. The summed E-state index contributed by atoms with van der Waals surface area (Å²) in [7, 11) is 0. The SMILES string of the molecule is CC.CC1/C=C\C([N+](=O)[O-])=C/C(C)(C)/C=C\1. The molecule has 0 spiro atoms. The van der Waals surface area contributed by atoms with E-state index in [1.165, 1.54) is 0 Å². The summed E-state index contributed by atoms with van der Waals surface area (Å²) < 4.78 is 0. The van der Waals surface area contributed by atoms with Crippen molar-refractivity contribution < 1.29 is 4.92 Å². The van der Waals surface area contributed by atoms with Crippen LogP contribution < -0.4 is 0 Å². The van der Waals surface area contributed by atoms with Crippen LogP contribution in [0.3, 0.4) is 0 Å². The summed E-state index contributed by atoms with van der Waals surface area (Å²) in [5.41, 5.74) is -0.0762. The van der Waals surface area contributed by atoms with Gasteiger partial charge in [-0.05, 0) is 5.92 Å². The lowest BCUT2D eigenvalue weighted by atomic mass is 9.88. The Morgan fingerprint density at radius 2 is 1.88 bits per heavy atom. The highest BCUT2D eigenvalue weighted by Gasteiger charge is 2.18. The molecule has 16 heavy (non-hydrogen) atoms. The molecule has 0 fully saturated rings. The first-order valence-corrected chi connectivity index (χ1v) is 5.65. The summed E-state index contributed by atoms with van der Waals surface area (Å²) in [5, 5.41) is 10.7. The van der Waals surface area contributed by atoms with E-state index in [-0.39, 0.29) is 22.0 Å². The fourth-order valence-electron chi connectivity index (χ4n) is 1.31. The Kier molecular flexibility index (Phi) is 5.72. The van der Waals surface area contributed by atoms with Gasteiger partial charge in [0.1, 0.15) is 0 Å². The van der Waals surface area contributed by atoms with Crippen LogP contribution in [-0.4, -0.2) is 4.92 Å². The largest absolute Gasteiger partial charge is 0.266 e. The summed E-state index contributed by atoms with van der Waals surface area (Å²) >= 11 is 0. The minimum Gasteiger partial charge on any atom is -0.258 e. The minimum absolute atomic E-state index is 0.172. The van der Waals surface area contributed by atoms with E-state index >= 15 is 0 Å². The Labute approximate surface area is 97.7 Å². The molecule has 90 valence electrons. The molecule has 0 N–H and O–H groups in total. The molecule has 0 aromatic heterocycles. The molecule has 0 amide bonds. The van der Waals surface area contributed by atoms with Crippen LogP contribution in [-0.2, 0) is 0 Å². The first-order chi connectivity index (χ1) is 7.41. The molecule has 1 aliphatic rings. The Morgan fingerprint density at radius 3 is 2.38 bits per heavy atom. The number of hydrogen-bond acceptors (Lipinski definition) is 2. The standard InChI is InChI=1S/C11H15NO2.C2H6/c1-9-4-5-10(12(13)14)8-11(2,3)7-6-9;1-2/h4-9H,1-3H3;1-2H3/b5-4-,7-6-,10-8+;. The van der Waals surface area contributed by atoms with E-state index in [0.29, 0.717) is 0 Å². The van der Waals surface area contributed by atoms with Crippen molar-refractivity contribution in [1.82, 2.24) is 0 Å². The van der Waals surface area contributed by atoms with Gasteiger partial charge in [0.2, 0.25) is 0 Å². The molecular weight excluding hydrogens is 202 g/mol. The predicted molar refractivity (Wildman–Crippen MR) is 67.7 cm³/mol. The van der Waals surface area contributed by atoms with Crippen LogP contribution in [0.5, 0.6) is 0 Å². The first kappa shape index (κ1) is 14.6. The number of rotatable bonds is 1. The van der Waals surface area contributed by atoms with Gasteiger partial charge >= 0.3 is 0 Å². The lowest BCUT2D eigenvalue weighted by Crippen LogP contribution is -2.09. The average Bonchev–Trinajstić information content (AvgIpc) is 2.22. The summed E-state index contributed by atoms with van der Waals surface area (Å²) in [6.45, 7) is 9.92. The van der Waals surface area contributed by atoms with Crippen LogP contribution in [0.4, 0.5) is 0 Å². The summed E-state index contributed by atoms with van der Waals surface area (Å²) in [6, 6.07) is 0. The third-order valence-electron chi connectivity index (χ3n) is 2.13. The van der Waals surface area contributed by atoms with E-state index in [9.17, 15) is 10.1 Å². The zero-order valence-corrected chi connectivity index (χ0v) is 10.7. The van der Waals surface area contributed by atoms with Crippen molar-refractivity contribution in [2.24, 2.45) is 11.3 Å². The number of nitro groups is 1. The van der Waals surface area contributed by atoms with Gasteiger partial charge in [-0.1, -0.05) is 52.8 Å². The van der Waals surface area contributed by atoms with E-state index in [1.54, 1.807) is 12.2 Å². The fraction of sp³-hybridized carbons (Fsp3) is 0.538. The molecule has 3 nitrogen and oxygen atoms in total. The van der Waals surface area contributed by atoms with Crippen molar-refractivity contribution in [3.63, 3.8) is 0 Å². The van der Waals surface area contributed by atoms with E-state index in [4.69, 9.17) is 0 Å². The zero-order chi connectivity index (χ0) is 12.8. The molecule has 0 aromatic rings. The van der Waals surface area contributed by atoms with E-state index < -0.39 is 0 Å². The van der Waals surface area contributed by atoms with E-state index in [1.807, 2.05) is 46.8 Å². The highest BCUT2D eigenvalue weighted by Crippen LogP contribution is 2.25. The maximum Gasteiger partial charge on any atom is 0.266 e. The number of allylic oxidation sites excluding steroid dienone is 5. The normalized spacial score (nSPS) is 29.6. The summed E-state index contributed by atoms with van der Waals surface area (Å²) in [5.74, 6) is 0.248. The van der Waals surface area contributed by atoms with Gasteiger partial charge in [0, 0.05) is 17.6 Å². The van der Waals surface area contributed by atoms with E-state index in [2.05, 4.69) is 6.08 Å². The molecule has 3 heteroatoms. The van der Waals surface area contributed by atoms with Gasteiger partial charge in [-0.15, -0.1) is 0 Å². The van der Waals surface area contributed by atoms with Crippen LogP contribution in [0.15, 0.2) is 36.1 Å². The van der Waals surface area contributed by atoms with Crippen LogP contribution in [0.1, 0.15) is 34.6 Å². The molecule has 0 saturated heterocycles. The highest BCUT2D eigenvalue weighted by atomic mass is 16.6. The Bertz CT molecular complexity index is 325. The van der Waals surface area contributed by atoms with Crippen molar-refractivity contribution in [2.75, 3.05) is 0 Å². The minimum atomic E-state index is -0.343. The second kappa shape index (κ2) is 6.26. The lowest BCUT2D eigenvalue weighted by Gasteiger charge is -2.16. The van der Waals surface area contributed by atoms with Gasteiger partial charge in [0.15, 0.2) is 0 Å². The Morgan fingerprint density at radius 1 is 1.31 bits per heavy atom.